The lowest BCUT2D eigenvalue weighted by Crippen LogP contribution is -3.10. The van der Waals surface area contributed by atoms with Crippen LogP contribution in [0, 0.1) is 0 Å². The number of hydrogen-bond acceptors (Lipinski definition) is 6. The smallest absolute Gasteiger partial charge is 0.271 e. The van der Waals surface area contributed by atoms with Crippen LogP contribution in [-0.4, -0.2) is 30.5 Å². The number of aromatic nitrogens is 2. The largest absolute Gasteiger partial charge is 0.457 e. The van der Waals surface area contributed by atoms with Crippen molar-refractivity contribution in [2.75, 3.05) is 20.3 Å². The number of nitrogens with zero attached hydrogens (tertiary/aromatic N) is 2. The fraction of sp³-hybridized carbons (Fsp3) is 0.217. The van der Waals surface area contributed by atoms with Crippen LogP contribution in [0.4, 0.5) is 0 Å². The molecular weight excluding hydrogens is 398 g/mol. The van der Waals surface area contributed by atoms with Gasteiger partial charge < -0.3 is 18.8 Å². The molecular formula is C23H24N3O3S+. The Kier molecular flexibility index (Phi) is 6.87. The Balaban J connectivity index is 1.49. The summed E-state index contributed by atoms with van der Waals surface area (Å²) in [4.78, 5) is 2.23. The van der Waals surface area contributed by atoms with E-state index in [0.717, 1.165) is 35.0 Å². The summed E-state index contributed by atoms with van der Waals surface area (Å²) in [6, 6.07) is 21.9. The van der Waals surface area contributed by atoms with Crippen LogP contribution >= 0.6 is 11.3 Å². The lowest BCUT2D eigenvalue weighted by molar-refractivity contribution is -0.929. The number of hydrogen-bond donors (Lipinski definition) is 1. The maximum absolute atomic E-state index is 6.12. The van der Waals surface area contributed by atoms with Gasteiger partial charge >= 0.3 is 0 Å². The summed E-state index contributed by atoms with van der Waals surface area (Å²) in [5.41, 5.74) is 1.12. The van der Waals surface area contributed by atoms with Crippen LogP contribution in [0.25, 0.3) is 10.8 Å². The van der Waals surface area contributed by atoms with Crippen molar-refractivity contribution in [3.63, 3.8) is 0 Å². The molecule has 1 atom stereocenters. The van der Waals surface area contributed by atoms with E-state index in [1.165, 1.54) is 4.90 Å². The third-order valence-corrected chi connectivity index (χ3v) is 5.50. The molecule has 0 spiro atoms. The molecule has 0 aliphatic carbocycles. The van der Waals surface area contributed by atoms with E-state index in [-0.39, 0.29) is 0 Å². The Morgan fingerprint density at radius 2 is 1.77 bits per heavy atom. The molecule has 0 radical (unpaired) electrons. The van der Waals surface area contributed by atoms with Gasteiger partial charge in [-0.1, -0.05) is 36.4 Å². The van der Waals surface area contributed by atoms with Gasteiger partial charge in [0, 0.05) is 12.7 Å². The van der Waals surface area contributed by atoms with Gasteiger partial charge in [-0.2, -0.15) is 0 Å². The Morgan fingerprint density at radius 1 is 0.933 bits per heavy atom. The van der Waals surface area contributed by atoms with E-state index in [4.69, 9.17) is 13.9 Å². The van der Waals surface area contributed by atoms with E-state index in [1.807, 2.05) is 66.0 Å². The van der Waals surface area contributed by atoms with Crippen molar-refractivity contribution in [3.05, 3.63) is 83.6 Å². The minimum atomic E-state index is 0.568. The maximum Gasteiger partial charge on any atom is 0.271 e. The molecule has 4 aromatic rings. The molecule has 0 saturated carbocycles. The Labute approximate surface area is 179 Å². The average Bonchev–Trinajstić information content (AvgIpc) is 3.46. The quantitative estimate of drug-likeness (QED) is 0.421. The Hall–Kier alpha value is -3.00. The van der Waals surface area contributed by atoms with Crippen LogP contribution in [0.15, 0.2) is 76.5 Å². The number of ether oxygens (including phenoxy) is 2. The molecule has 1 unspecified atom stereocenters. The molecule has 0 bridgehead atoms. The summed E-state index contributed by atoms with van der Waals surface area (Å²) < 4.78 is 17.3. The van der Waals surface area contributed by atoms with Gasteiger partial charge in [0.05, 0.1) is 11.5 Å². The zero-order chi connectivity index (χ0) is 20.6. The van der Waals surface area contributed by atoms with Crippen molar-refractivity contribution >= 4 is 11.3 Å². The lowest BCUT2D eigenvalue weighted by Gasteiger charge is -2.19. The Bertz CT molecular complexity index is 1030. The zero-order valence-corrected chi connectivity index (χ0v) is 17.6. The number of methoxy groups -OCH3 is 1. The van der Waals surface area contributed by atoms with Crippen LogP contribution in [0.5, 0.6) is 11.5 Å². The van der Waals surface area contributed by atoms with Crippen LogP contribution in [0.3, 0.4) is 0 Å². The molecule has 0 fully saturated rings. The highest BCUT2D eigenvalue weighted by molar-refractivity contribution is 7.13. The first-order valence-corrected chi connectivity index (χ1v) is 10.7. The van der Waals surface area contributed by atoms with E-state index in [0.29, 0.717) is 24.9 Å². The second-order valence-corrected chi connectivity index (χ2v) is 7.80. The van der Waals surface area contributed by atoms with E-state index < -0.39 is 0 Å². The summed E-state index contributed by atoms with van der Waals surface area (Å²) >= 11 is 1.59. The first-order valence-electron chi connectivity index (χ1n) is 9.81. The highest BCUT2D eigenvalue weighted by atomic mass is 32.1. The van der Waals surface area contributed by atoms with Gasteiger partial charge in [-0.05, 0) is 35.7 Å². The molecule has 0 aliphatic rings. The fourth-order valence-electron chi connectivity index (χ4n) is 3.16. The van der Waals surface area contributed by atoms with Crippen molar-refractivity contribution in [2.24, 2.45) is 0 Å². The van der Waals surface area contributed by atoms with Crippen molar-refractivity contribution in [1.29, 1.82) is 0 Å². The van der Waals surface area contributed by atoms with Gasteiger partial charge in [0.15, 0.2) is 6.54 Å². The van der Waals surface area contributed by atoms with Gasteiger partial charge in [-0.15, -0.1) is 21.5 Å². The normalized spacial score (nSPS) is 12.0. The predicted octanol–water partition coefficient (Wildman–Crippen LogP) is 3.82. The van der Waals surface area contributed by atoms with Crippen molar-refractivity contribution < 1.29 is 18.8 Å². The molecule has 0 aliphatic heterocycles. The summed E-state index contributed by atoms with van der Waals surface area (Å²) in [5, 5.41) is 10.4. The van der Waals surface area contributed by atoms with Crippen LogP contribution in [0.1, 0.15) is 11.5 Å². The average molecular weight is 423 g/mol. The molecule has 0 saturated heterocycles. The molecule has 30 heavy (non-hydrogen) atoms. The molecule has 2 heterocycles. The van der Waals surface area contributed by atoms with Gasteiger partial charge in [-0.3, -0.25) is 0 Å². The SMILES string of the molecule is COCC[NH+](Cc1nnc(-c2cccs2)o1)Cc1ccccc1Oc1ccccc1. The predicted molar refractivity (Wildman–Crippen MR) is 116 cm³/mol. The van der Waals surface area contributed by atoms with Gasteiger partial charge in [0.1, 0.15) is 24.6 Å². The molecule has 154 valence electrons. The van der Waals surface area contributed by atoms with Crippen molar-refractivity contribution in [1.82, 2.24) is 10.2 Å². The minimum Gasteiger partial charge on any atom is -0.457 e. The molecule has 6 nitrogen and oxygen atoms in total. The first-order chi connectivity index (χ1) is 14.8. The monoisotopic (exact) mass is 422 g/mol. The number of benzene rings is 2. The maximum atomic E-state index is 6.12. The van der Waals surface area contributed by atoms with Gasteiger partial charge in [-0.25, -0.2) is 0 Å². The summed E-state index contributed by atoms with van der Waals surface area (Å²) in [7, 11) is 1.71. The van der Waals surface area contributed by atoms with E-state index >= 15 is 0 Å². The second-order valence-electron chi connectivity index (χ2n) is 6.85. The number of quaternary nitrogens is 1. The lowest BCUT2D eigenvalue weighted by atomic mass is 10.2. The highest BCUT2D eigenvalue weighted by Crippen LogP contribution is 2.25. The molecule has 1 N–H and O–H groups in total. The summed E-state index contributed by atoms with van der Waals surface area (Å²) in [5.74, 6) is 2.86. The third-order valence-electron chi connectivity index (χ3n) is 4.64. The molecule has 2 aromatic carbocycles. The van der Waals surface area contributed by atoms with Crippen molar-refractivity contribution in [2.45, 2.75) is 13.1 Å². The zero-order valence-electron chi connectivity index (χ0n) is 16.8. The number of para-hydroxylation sites is 2. The molecule has 0 amide bonds. The summed E-state index contributed by atoms with van der Waals surface area (Å²) in [6.45, 7) is 2.82. The Morgan fingerprint density at radius 3 is 2.57 bits per heavy atom. The van der Waals surface area contributed by atoms with Crippen molar-refractivity contribution in [3.8, 4) is 22.3 Å². The highest BCUT2D eigenvalue weighted by Gasteiger charge is 2.18. The number of rotatable bonds is 10. The van der Waals surface area contributed by atoms with Crippen LogP contribution < -0.4 is 9.64 Å². The topological polar surface area (TPSA) is 61.8 Å². The van der Waals surface area contributed by atoms with Gasteiger partial charge in [0.2, 0.25) is 0 Å². The minimum absolute atomic E-state index is 0.568. The molecule has 2 aromatic heterocycles. The van der Waals surface area contributed by atoms with Gasteiger partial charge in [0.25, 0.3) is 11.8 Å². The second kappa shape index (κ2) is 10.2. The summed E-state index contributed by atoms with van der Waals surface area (Å²) in [6.07, 6.45) is 0. The molecule has 4 rings (SSSR count). The first kappa shape index (κ1) is 20.3. The molecule has 7 heteroatoms. The van der Waals surface area contributed by atoms with E-state index in [1.54, 1.807) is 18.4 Å². The number of nitrogens with one attached hydrogen (secondary N) is 1. The van der Waals surface area contributed by atoms with E-state index in [9.17, 15) is 0 Å². The fourth-order valence-corrected chi connectivity index (χ4v) is 3.80. The number of thiophene rings is 1. The van der Waals surface area contributed by atoms with Crippen LogP contribution in [0.2, 0.25) is 0 Å². The third kappa shape index (κ3) is 5.33. The van der Waals surface area contributed by atoms with Crippen LogP contribution in [-0.2, 0) is 17.8 Å². The standard InChI is InChI=1S/C23H23N3O3S/c1-27-14-13-26(17-22-24-25-23(29-22)21-12-7-15-30-21)16-18-8-5-6-11-20(18)28-19-9-3-2-4-10-19/h2-12,15H,13-14,16-17H2,1H3/p+1. The van der Waals surface area contributed by atoms with E-state index in [2.05, 4.69) is 16.3 Å².